The third-order valence-electron chi connectivity index (χ3n) is 4.78. The summed E-state index contributed by atoms with van der Waals surface area (Å²) < 4.78 is 5.72. The van der Waals surface area contributed by atoms with Gasteiger partial charge in [-0.1, -0.05) is 12.1 Å². The summed E-state index contributed by atoms with van der Waals surface area (Å²) >= 11 is 1.88. The fourth-order valence-corrected chi connectivity index (χ4v) is 4.31. The van der Waals surface area contributed by atoms with Gasteiger partial charge in [-0.05, 0) is 12.1 Å². The van der Waals surface area contributed by atoms with Crippen LogP contribution < -0.4 is 5.56 Å². The number of rotatable bonds is 3. The standard InChI is InChI=1S/C18H22N4O3S/c23-17-13-3-1-2-4-14(13)19-16(20-17)12-21-5-8-25-15(11-21)18(24)22-6-9-26-10-7-22/h1-4,15H,5-12H2,(H,19,20,23)/t15-/m0/s1. The third kappa shape index (κ3) is 3.77. The number of thioether (sulfide) groups is 1. The molecule has 0 radical (unpaired) electrons. The van der Waals surface area contributed by atoms with Gasteiger partial charge in [-0.15, -0.1) is 0 Å². The smallest absolute Gasteiger partial charge is 0.258 e. The minimum absolute atomic E-state index is 0.0787. The molecule has 2 saturated heterocycles. The first-order valence-electron chi connectivity index (χ1n) is 8.89. The first kappa shape index (κ1) is 17.5. The van der Waals surface area contributed by atoms with Crippen molar-refractivity contribution in [2.75, 3.05) is 44.3 Å². The van der Waals surface area contributed by atoms with E-state index in [1.807, 2.05) is 34.9 Å². The lowest BCUT2D eigenvalue weighted by Gasteiger charge is -2.35. The molecular weight excluding hydrogens is 352 g/mol. The Labute approximate surface area is 155 Å². The van der Waals surface area contributed by atoms with Crippen LogP contribution in [0.1, 0.15) is 5.82 Å². The molecule has 2 aliphatic rings. The molecule has 4 rings (SSSR count). The number of H-pyrrole nitrogens is 1. The lowest BCUT2D eigenvalue weighted by Crippen LogP contribution is -2.52. The van der Waals surface area contributed by atoms with E-state index in [9.17, 15) is 9.59 Å². The maximum Gasteiger partial charge on any atom is 0.258 e. The Kier molecular flexibility index (Phi) is 5.23. The quantitative estimate of drug-likeness (QED) is 0.852. The van der Waals surface area contributed by atoms with Crippen molar-refractivity contribution in [1.82, 2.24) is 19.8 Å². The van der Waals surface area contributed by atoms with Crippen LogP contribution in [-0.2, 0) is 16.1 Å². The molecular formula is C18H22N4O3S. The van der Waals surface area contributed by atoms with Crippen LogP contribution in [0.15, 0.2) is 29.1 Å². The number of morpholine rings is 1. The zero-order chi connectivity index (χ0) is 17.9. The number of nitrogens with zero attached hydrogens (tertiary/aromatic N) is 3. The van der Waals surface area contributed by atoms with Gasteiger partial charge in [0.2, 0.25) is 0 Å². The Morgan fingerprint density at radius 3 is 2.92 bits per heavy atom. The monoisotopic (exact) mass is 374 g/mol. The minimum Gasteiger partial charge on any atom is -0.366 e. The number of aromatic amines is 1. The number of fused-ring (bicyclic) bond motifs is 1. The Morgan fingerprint density at radius 1 is 1.27 bits per heavy atom. The summed E-state index contributed by atoms with van der Waals surface area (Å²) in [6.45, 7) is 3.85. The second-order valence-corrected chi connectivity index (χ2v) is 7.79. The number of nitrogens with one attached hydrogen (secondary N) is 1. The van der Waals surface area contributed by atoms with E-state index in [0.29, 0.717) is 36.4 Å². The molecule has 26 heavy (non-hydrogen) atoms. The number of hydrogen-bond acceptors (Lipinski definition) is 6. The van der Waals surface area contributed by atoms with Crippen LogP contribution in [0.2, 0.25) is 0 Å². The molecule has 8 heteroatoms. The van der Waals surface area contributed by atoms with Crippen LogP contribution in [0, 0.1) is 0 Å². The summed E-state index contributed by atoms with van der Waals surface area (Å²) in [6.07, 6.45) is -0.431. The summed E-state index contributed by atoms with van der Waals surface area (Å²) in [5.41, 5.74) is 0.565. The van der Waals surface area contributed by atoms with E-state index < -0.39 is 6.10 Å². The van der Waals surface area contributed by atoms with Crippen molar-refractivity contribution in [1.29, 1.82) is 0 Å². The topological polar surface area (TPSA) is 78.5 Å². The molecule has 0 aliphatic carbocycles. The SMILES string of the molecule is O=C([C@@H]1CN(Cc2nc3ccccc3c(=O)[nH]2)CCO1)N1CCSCC1. The molecule has 3 heterocycles. The molecule has 138 valence electrons. The number of carbonyl (C=O) groups excluding carboxylic acids is 1. The number of carbonyl (C=O) groups is 1. The van der Waals surface area contributed by atoms with Crippen molar-refractivity contribution >= 4 is 28.6 Å². The maximum atomic E-state index is 12.7. The number of benzene rings is 1. The van der Waals surface area contributed by atoms with Crippen LogP contribution >= 0.6 is 11.8 Å². The van der Waals surface area contributed by atoms with Gasteiger partial charge in [-0.3, -0.25) is 14.5 Å². The molecule has 2 aromatic rings. The van der Waals surface area contributed by atoms with E-state index in [0.717, 1.165) is 31.1 Å². The number of hydrogen-bond donors (Lipinski definition) is 1. The van der Waals surface area contributed by atoms with E-state index in [4.69, 9.17) is 4.74 Å². The minimum atomic E-state index is -0.431. The molecule has 1 aromatic carbocycles. The van der Waals surface area contributed by atoms with E-state index in [1.54, 1.807) is 6.07 Å². The van der Waals surface area contributed by atoms with Gasteiger partial charge in [-0.25, -0.2) is 4.98 Å². The van der Waals surface area contributed by atoms with Crippen molar-refractivity contribution in [2.24, 2.45) is 0 Å². The van der Waals surface area contributed by atoms with Crippen molar-refractivity contribution in [2.45, 2.75) is 12.6 Å². The second kappa shape index (κ2) is 7.77. The summed E-state index contributed by atoms with van der Waals surface area (Å²) in [6, 6.07) is 7.31. The zero-order valence-corrected chi connectivity index (χ0v) is 15.3. The average molecular weight is 374 g/mol. The van der Waals surface area contributed by atoms with Crippen molar-refractivity contribution in [3.8, 4) is 0 Å². The average Bonchev–Trinajstić information content (AvgIpc) is 2.68. The summed E-state index contributed by atoms with van der Waals surface area (Å²) in [5.74, 6) is 2.68. The highest BCUT2D eigenvalue weighted by molar-refractivity contribution is 7.99. The van der Waals surface area contributed by atoms with Gasteiger partial charge in [0.15, 0.2) is 0 Å². The Morgan fingerprint density at radius 2 is 2.08 bits per heavy atom. The molecule has 0 spiro atoms. The fraction of sp³-hybridized carbons (Fsp3) is 0.500. The molecule has 0 unspecified atom stereocenters. The van der Waals surface area contributed by atoms with E-state index in [-0.39, 0.29) is 11.5 Å². The first-order chi connectivity index (χ1) is 12.7. The van der Waals surface area contributed by atoms with Gasteiger partial charge in [0.25, 0.3) is 11.5 Å². The molecule has 1 atom stereocenters. The lowest BCUT2D eigenvalue weighted by molar-refractivity contribution is -0.149. The van der Waals surface area contributed by atoms with Crippen molar-refractivity contribution in [3.05, 3.63) is 40.4 Å². The molecule has 2 aliphatic heterocycles. The van der Waals surface area contributed by atoms with Gasteiger partial charge in [-0.2, -0.15) is 11.8 Å². The molecule has 0 bridgehead atoms. The predicted octanol–water partition coefficient (Wildman–Crippen LogP) is 0.699. The Hall–Kier alpha value is -1.90. The summed E-state index contributed by atoms with van der Waals surface area (Å²) in [4.78, 5) is 36.3. The van der Waals surface area contributed by atoms with Gasteiger partial charge < -0.3 is 14.6 Å². The van der Waals surface area contributed by atoms with Crippen LogP contribution in [0.4, 0.5) is 0 Å². The molecule has 1 N–H and O–H groups in total. The van der Waals surface area contributed by atoms with E-state index >= 15 is 0 Å². The van der Waals surface area contributed by atoms with Crippen LogP contribution in [-0.4, -0.2) is 76.1 Å². The van der Waals surface area contributed by atoms with Gasteiger partial charge in [0.05, 0.1) is 24.1 Å². The Bertz CT molecular complexity index is 850. The zero-order valence-electron chi connectivity index (χ0n) is 14.5. The summed E-state index contributed by atoms with van der Waals surface area (Å²) in [5, 5.41) is 0.592. The number of para-hydroxylation sites is 1. The maximum absolute atomic E-state index is 12.7. The highest BCUT2D eigenvalue weighted by Gasteiger charge is 2.31. The number of aromatic nitrogens is 2. The number of ether oxygens (including phenoxy) is 1. The largest absolute Gasteiger partial charge is 0.366 e. The van der Waals surface area contributed by atoms with Gasteiger partial charge in [0.1, 0.15) is 11.9 Å². The van der Waals surface area contributed by atoms with Crippen LogP contribution in [0.25, 0.3) is 10.9 Å². The van der Waals surface area contributed by atoms with Gasteiger partial charge in [0, 0.05) is 37.7 Å². The second-order valence-electron chi connectivity index (χ2n) is 6.56. The normalized spacial score (nSPS) is 21.8. The number of amides is 1. The first-order valence-corrected chi connectivity index (χ1v) is 10.0. The van der Waals surface area contributed by atoms with Crippen LogP contribution in [0.5, 0.6) is 0 Å². The van der Waals surface area contributed by atoms with Crippen LogP contribution in [0.3, 0.4) is 0 Å². The molecule has 2 fully saturated rings. The van der Waals surface area contributed by atoms with Crippen molar-refractivity contribution in [3.63, 3.8) is 0 Å². The molecule has 0 saturated carbocycles. The predicted molar refractivity (Wildman–Crippen MR) is 101 cm³/mol. The summed E-state index contributed by atoms with van der Waals surface area (Å²) in [7, 11) is 0. The molecule has 7 nitrogen and oxygen atoms in total. The fourth-order valence-electron chi connectivity index (χ4n) is 3.40. The van der Waals surface area contributed by atoms with Gasteiger partial charge >= 0.3 is 0 Å². The third-order valence-corrected chi connectivity index (χ3v) is 5.73. The highest BCUT2D eigenvalue weighted by atomic mass is 32.2. The van der Waals surface area contributed by atoms with E-state index in [1.165, 1.54) is 0 Å². The molecule has 1 amide bonds. The highest BCUT2D eigenvalue weighted by Crippen LogP contribution is 2.15. The van der Waals surface area contributed by atoms with E-state index in [2.05, 4.69) is 14.9 Å². The molecule has 1 aromatic heterocycles. The Balaban J connectivity index is 1.45. The lowest BCUT2D eigenvalue weighted by atomic mass is 10.2. The van der Waals surface area contributed by atoms with Crippen molar-refractivity contribution < 1.29 is 9.53 Å².